The number of hydrogen-bond acceptors (Lipinski definition) is 4. The van der Waals surface area contributed by atoms with Gasteiger partial charge >= 0.3 is 6.29 Å². The Morgan fingerprint density at radius 1 is 1.00 bits per heavy atom. The maximum Gasteiger partial charge on any atom is 0.586 e. The number of pyridine rings is 1. The second kappa shape index (κ2) is 3.56. The lowest BCUT2D eigenvalue weighted by molar-refractivity contribution is -0.286. The molecule has 0 radical (unpaired) electrons. The van der Waals surface area contributed by atoms with Gasteiger partial charge < -0.3 is 14.6 Å². The molecule has 92 valence electrons. The van der Waals surface area contributed by atoms with E-state index in [0.29, 0.717) is 11.1 Å². The zero-order valence-corrected chi connectivity index (χ0v) is 8.93. The fourth-order valence-electron chi connectivity index (χ4n) is 1.71. The summed E-state index contributed by atoms with van der Waals surface area (Å²) in [5.41, 5.74) is 1.19. The van der Waals surface area contributed by atoms with Crippen molar-refractivity contribution in [1.29, 1.82) is 0 Å². The molecule has 0 atom stereocenters. The molecule has 4 nitrogen and oxygen atoms in total. The van der Waals surface area contributed by atoms with E-state index < -0.39 is 6.29 Å². The van der Waals surface area contributed by atoms with E-state index in [1.54, 1.807) is 6.07 Å². The Morgan fingerprint density at radius 3 is 2.56 bits per heavy atom. The van der Waals surface area contributed by atoms with Gasteiger partial charge in [-0.1, -0.05) is 6.07 Å². The third kappa shape index (κ3) is 1.81. The molecule has 0 unspecified atom stereocenters. The Kier molecular flexibility index (Phi) is 2.13. The molecule has 0 saturated carbocycles. The maximum atomic E-state index is 12.8. The Labute approximate surface area is 100 Å². The van der Waals surface area contributed by atoms with Gasteiger partial charge in [0.2, 0.25) is 0 Å². The van der Waals surface area contributed by atoms with Crippen LogP contribution < -0.4 is 9.47 Å². The molecule has 1 aliphatic rings. The van der Waals surface area contributed by atoms with E-state index >= 15 is 0 Å². The van der Waals surface area contributed by atoms with Crippen LogP contribution in [0.4, 0.5) is 8.78 Å². The summed E-state index contributed by atoms with van der Waals surface area (Å²) in [7, 11) is 0. The van der Waals surface area contributed by atoms with Crippen molar-refractivity contribution in [2.24, 2.45) is 0 Å². The number of halogens is 2. The Hall–Kier alpha value is -2.37. The van der Waals surface area contributed by atoms with Crippen molar-refractivity contribution in [1.82, 2.24) is 4.98 Å². The summed E-state index contributed by atoms with van der Waals surface area (Å²) in [6, 6.07) is 5.85. The van der Waals surface area contributed by atoms with Gasteiger partial charge in [-0.15, -0.1) is 8.78 Å². The van der Waals surface area contributed by atoms with E-state index in [9.17, 15) is 13.9 Å². The molecular weight excluding hydrogens is 244 g/mol. The molecule has 1 aromatic heterocycles. The van der Waals surface area contributed by atoms with Crippen LogP contribution in [0.25, 0.3) is 11.1 Å². The highest BCUT2D eigenvalue weighted by Gasteiger charge is 2.43. The number of benzene rings is 1. The highest BCUT2D eigenvalue weighted by atomic mass is 19.3. The van der Waals surface area contributed by atoms with Crippen LogP contribution in [-0.2, 0) is 0 Å². The number of fused-ring (bicyclic) bond motifs is 1. The predicted octanol–water partition coefficient (Wildman–Crippen LogP) is 2.78. The quantitative estimate of drug-likeness (QED) is 0.846. The van der Waals surface area contributed by atoms with Crippen LogP contribution in [0.15, 0.2) is 36.7 Å². The summed E-state index contributed by atoms with van der Waals surface area (Å²) in [6.45, 7) is 0. The molecule has 1 N–H and O–H groups in total. The molecule has 0 bridgehead atoms. The van der Waals surface area contributed by atoms with E-state index in [0.717, 1.165) is 0 Å². The van der Waals surface area contributed by atoms with Crippen molar-refractivity contribution in [3.8, 4) is 28.4 Å². The Morgan fingerprint density at radius 2 is 1.78 bits per heavy atom. The van der Waals surface area contributed by atoms with Crippen LogP contribution in [0.1, 0.15) is 0 Å². The summed E-state index contributed by atoms with van der Waals surface area (Å²) in [5, 5.41) is 9.31. The lowest BCUT2D eigenvalue weighted by Crippen LogP contribution is -2.25. The molecule has 1 aliphatic heterocycles. The number of aromatic hydroxyl groups is 1. The average Bonchev–Trinajstić information content (AvgIpc) is 2.61. The van der Waals surface area contributed by atoms with Crippen LogP contribution in [0, 0.1) is 0 Å². The first-order valence-electron chi connectivity index (χ1n) is 5.08. The van der Waals surface area contributed by atoms with Gasteiger partial charge in [-0.3, -0.25) is 4.98 Å². The van der Waals surface area contributed by atoms with E-state index in [2.05, 4.69) is 14.5 Å². The zero-order valence-electron chi connectivity index (χ0n) is 8.93. The summed E-state index contributed by atoms with van der Waals surface area (Å²) in [5.74, 6) is -0.0619. The van der Waals surface area contributed by atoms with Gasteiger partial charge in [0.1, 0.15) is 5.75 Å². The Balaban J connectivity index is 2.02. The van der Waals surface area contributed by atoms with Crippen molar-refractivity contribution in [3.05, 3.63) is 36.7 Å². The highest BCUT2D eigenvalue weighted by molar-refractivity contribution is 5.67. The highest BCUT2D eigenvalue weighted by Crippen LogP contribution is 2.42. The SMILES string of the molecule is Oc1cncc(-c2ccc3c(c2)OC(F)(F)O3)c1. The van der Waals surface area contributed by atoms with Crippen LogP contribution in [0.5, 0.6) is 17.2 Å². The number of hydrogen-bond donors (Lipinski definition) is 1. The van der Waals surface area contributed by atoms with Gasteiger partial charge in [-0.2, -0.15) is 0 Å². The van der Waals surface area contributed by atoms with Crippen LogP contribution >= 0.6 is 0 Å². The summed E-state index contributed by atoms with van der Waals surface area (Å²) < 4.78 is 34.3. The molecular formula is C12H7F2NO3. The number of alkyl halides is 2. The first-order chi connectivity index (χ1) is 8.53. The molecule has 6 heteroatoms. The maximum absolute atomic E-state index is 12.8. The van der Waals surface area contributed by atoms with Crippen molar-refractivity contribution in [2.75, 3.05) is 0 Å². The number of rotatable bonds is 1. The summed E-state index contributed by atoms with van der Waals surface area (Å²) in [6.07, 6.45) is -0.835. The molecule has 0 aliphatic carbocycles. The lowest BCUT2D eigenvalue weighted by atomic mass is 10.1. The van der Waals surface area contributed by atoms with E-state index in [-0.39, 0.29) is 17.2 Å². The number of nitrogens with zero attached hydrogens (tertiary/aromatic N) is 1. The number of aromatic nitrogens is 1. The van der Waals surface area contributed by atoms with E-state index in [1.165, 1.54) is 30.6 Å². The standard InChI is InChI=1S/C12H7F2NO3/c13-12(14)17-10-2-1-7(4-11(10)18-12)8-3-9(16)6-15-5-8/h1-6,16H. The first-order valence-corrected chi connectivity index (χ1v) is 5.08. The average molecular weight is 251 g/mol. The van der Waals surface area contributed by atoms with Crippen molar-refractivity contribution < 1.29 is 23.4 Å². The largest absolute Gasteiger partial charge is 0.586 e. The molecule has 0 saturated heterocycles. The second-order valence-electron chi connectivity index (χ2n) is 3.76. The van der Waals surface area contributed by atoms with Gasteiger partial charge in [0.05, 0.1) is 6.20 Å². The van der Waals surface area contributed by atoms with E-state index in [1.807, 2.05) is 0 Å². The molecule has 18 heavy (non-hydrogen) atoms. The molecule has 3 rings (SSSR count). The molecule has 0 amide bonds. The third-order valence-corrected chi connectivity index (χ3v) is 2.46. The smallest absolute Gasteiger partial charge is 0.506 e. The number of ether oxygens (including phenoxy) is 2. The van der Waals surface area contributed by atoms with Gasteiger partial charge in [0, 0.05) is 11.8 Å². The van der Waals surface area contributed by atoms with Crippen molar-refractivity contribution in [3.63, 3.8) is 0 Å². The molecule has 0 fully saturated rings. The second-order valence-corrected chi connectivity index (χ2v) is 3.76. The molecule has 0 spiro atoms. The lowest BCUT2D eigenvalue weighted by Gasteiger charge is -2.04. The molecule has 2 aromatic rings. The van der Waals surface area contributed by atoms with Gasteiger partial charge in [-0.25, -0.2) is 0 Å². The van der Waals surface area contributed by atoms with Crippen molar-refractivity contribution in [2.45, 2.75) is 6.29 Å². The minimum absolute atomic E-state index is 0.00417. The predicted molar refractivity (Wildman–Crippen MR) is 57.5 cm³/mol. The van der Waals surface area contributed by atoms with Gasteiger partial charge in [0.15, 0.2) is 11.5 Å². The molecule has 2 heterocycles. The van der Waals surface area contributed by atoms with Crippen molar-refractivity contribution >= 4 is 0 Å². The summed E-state index contributed by atoms with van der Waals surface area (Å²) in [4.78, 5) is 3.81. The van der Waals surface area contributed by atoms with Gasteiger partial charge in [-0.05, 0) is 23.8 Å². The summed E-state index contributed by atoms with van der Waals surface area (Å²) >= 11 is 0. The third-order valence-electron chi connectivity index (χ3n) is 2.46. The fraction of sp³-hybridized carbons (Fsp3) is 0.0833. The van der Waals surface area contributed by atoms with Gasteiger partial charge in [0.25, 0.3) is 0 Å². The minimum atomic E-state index is -3.63. The topological polar surface area (TPSA) is 51.6 Å². The van der Waals surface area contributed by atoms with Crippen LogP contribution in [-0.4, -0.2) is 16.4 Å². The Bertz CT molecular complexity index is 616. The van der Waals surface area contributed by atoms with Crippen LogP contribution in [0.2, 0.25) is 0 Å². The van der Waals surface area contributed by atoms with Crippen LogP contribution in [0.3, 0.4) is 0 Å². The zero-order chi connectivity index (χ0) is 12.8. The minimum Gasteiger partial charge on any atom is -0.506 e. The normalized spacial score (nSPS) is 15.7. The fourth-order valence-corrected chi connectivity index (χ4v) is 1.71. The molecule has 1 aromatic carbocycles. The first kappa shape index (κ1) is 10.8. The van der Waals surface area contributed by atoms with E-state index in [4.69, 9.17) is 0 Å². The monoisotopic (exact) mass is 251 g/mol.